The molecular weight excluding hydrogens is 264 g/mol. The first kappa shape index (κ1) is 16.9. The smallest absolute Gasteiger partial charge is 0.261 e. The van der Waals surface area contributed by atoms with Gasteiger partial charge < -0.3 is 10.1 Å². The van der Waals surface area contributed by atoms with Gasteiger partial charge in [-0.1, -0.05) is 12.1 Å². The van der Waals surface area contributed by atoms with Crippen LogP contribution in [0.25, 0.3) is 6.08 Å². The maximum absolute atomic E-state index is 12.0. The highest BCUT2D eigenvalue weighted by Gasteiger charge is 2.09. The summed E-state index contributed by atoms with van der Waals surface area (Å²) >= 11 is 0. The van der Waals surface area contributed by atoms with Crippen LogP contribution in [0.1, 0.15) is 28.7 Å². The van der Waals surface area contributed by atoms with Crippen LogP contribution in [0.4, 0.5) is 0 Å². The number of aryl methyl sites for hydroxylation is 3. The van der Waals surface area contributed by atoms with E-state index in [4.69, 9.17) is 4.74 Å². The maximum atomic E-state index is 12.0. The molecule has 0 aromatic heterocycles. The van der Waals surface area contributed by atoms with Gasteiger partial charge in [0.25, 0.3) is 5.91 Å². The summed E-state index contributed by atoms with van der Waals surface area (Å²) in [5, 5.41) is 11.9. The maximum Gasteiger partial charge on any atom is 0.261 e. The molecule has 0 radical (unpaired) electrons. The second-order valence-electron chi connectivity index (χ2n) is 5.07. The summed E-state index contributed by atoms with van der Waals surface area (Å²) in [6.45, 7) is 7.12. The summed E-state index contributed by atoms with van der Waals surface area (Å²) in [6.07, 6.45) is 2.37. The number of ether oxygens (including phenoxy) is 1. The molecule has 4 heteroatoms. The number of benzene rings is 1. The van der Waals surface area contributed by atoms with Crippen LogP contribution in [0.5, 0.6) is 0 Å². The molecular formula is C17H22N2O2. The molecule has 0 saturated carbocycles. The first-order valence-electron chi connectivity index (χ1n) is 6.96. The summed E-state index contributed by atoms with van der Waals surface area (Å²) in [5.74, 6) is -0.341. The Bertz CT molecular complexity index is 583. The summed E-state index contributed by atoms with van der Waals surface area (Å²) < 4.78 is 4.92. The van der Waals surface area contributed by atoms with Gasteiger partial charge in [0.15, 0.2) is 0 Å². The molecule has 0 spiro atoms. The Balaban J connectivity index is 2.87. The highest BCUT2D eigenvalue weighted by Crippen LogP contribution is 2.18. The van der Waals surface area contributed by atoms with E-state index in [0.717, 1.165) is 23.1 Å². The van der Waals surface area contributed by atoms with Crippen LogP contribution in [0.15, 0.2) is 17.7 Å². The molecule has 0 heterocycles. The Hall–Kier alpha value is -2.12. The predicted molar refractivity (Wildman–Crippen MR) is 83.7 cm³/mol. The number of amides is 1. The van der Waals surface area contributed by atoms with E-state index in [9.17, 15) is 10.1 Å². The van der Waals surface area contributed by atoms with E-state index < -0.39 is 0 Å². The van der Waals surface area contributed by atoms with Crippen molar-refractivity contribution in [1.82, 2.24) is 5.32 Å². The highest BCUT2D eigenvalue weighted by molar-refractivity contribution is 6.01. The second kappa shape index (κ2) is 8.23. The van der Waals surface area contributed by atoms with Crippen molar-refractivity contribution in [3.63, 3.8) is 0 Å². The van der Waals surface area contributed by atoms with Gasteiger partial charge in [-0.25, -0.2) is 0 Å². The number of nitrogens with zero attached hydrogens (tertiary/aromatic N) is 1. The third kappa shape index (κ3) is 5.05. The fourth-order valence-corrected chi connectivity index (χ4v) is 1.96. The molecule has 1 aromatic carbocycles. The molecule has 0 aliphatic carbocycles. The van der Waals surface area contributed by atoms with Crippen molar-refractivity contribution in [1.29, 1.82) is 5.26 Å². The van der Waals surface area contributed by atoms with Crippen molar-refractivity contribution < 1.29 is 9.53 Å². The largest absolute Gasteiger partial charge is 0.385 e. The zero-order valence-corrected chi connectivity index (χ0v) is 13.1. The van der Waals surface area contributed by atoms with Gasteiger partial charge >= 0.3 is 0 Å². The Morgan fingerprint density at radius 1 is 1.29 bits per heavy atom. The van der Waals surface area contributed by atoms with E-state index >= 15 is 0 Å². The standard InChI is InChI=1S/C17H22N2O2/c1-12-8-14(3)15(9-13(12)2)10-16(11-18)17(20)19-6-5-7-21-4/h8-10H,5-7H2,1-4H3,(H,19,20)/b16-10+. The average Bonchev–Trinajstić information content (AvgIpc) is 2.45. The molecule has 21 heavy (non-hydrogen) atoms. The number of nitriles is 1. The van der Waals surface area contributed by atoms with E-state index in [2.05, 4.69) is 11.4 Å². The third-order valence-electron chi connectivity index (χ3n) is 3.36. The highest BCUT2D eigenvalue weighted by atomic mass is 16.5. The quantitative estimate of drug-likeness (QED) is 0.497. The molecule has 0 aliphatic heterocycles. The molecule has 1 aromatic rings. The third-order valence-corrected chi connectivity index (χ3v) is 3.36. The normalized spacial score (nSPS) is 11.1. The topological polar surface area (TPSA) is 62.1 Å². The molecule has 4 nitrogen and oxygen atoms in total. The minimum absolute atomic E-state index is 0.124. The molecule has 0 aliphatic rings. The van der Waals surface area contributed by atoms with Gasteiger partial charge in [-0.15, -0.1) is 0 Å². The van der Waals surface area contributed by atoms with E-state index in [1.165, 1.54) is 5.56 Å². The first-order valence-corrected chi connectivity index (χ1v) is 6.96. The Labute approximate surface area is 126 Å². The lowest BCUT2D eigenvalue weighted by atomic mass is 9.99. The summed E-state index contributed by atoms with van der Waals surface area (Å²) in [7, 11) is 1.62. The van der Waals surface area contributed by atoms with Crippen molar-refractivity contribution in [3.8, 4) is 6.07 Å². The molecule has 1 N–H and O–H groups in total. The monoisotopic (exact) mass is 286 g/mol. The lowest BCUT2D eigenvalue weighted by Gasteiger charge is -2.08. The van der Waals surface area contributed by atoms with Gasteiger partial charge in [0, 0.05) is 20.3 Å². The minimum atomic E-state index is -0.341. The van der Waals surface area contributed by atoms with Gasteiger partial charge in [-0.3, -0.25) is 4.79 Å². The predicted octanol–water partition coefficient (Wildman–Crippen LogP) is 2.67. The number of rotatable bonds is 6. The second-order valence-corrected chi connectivity index (χ2v) is 5.07. The minimum Gasteiger partial charge on any atom is -0.385 e. The van der Waals surface area contributed by atoms with Gasteiger partial charge in [0.2, 0.25) is 0 Å². The number of nitrogens with one attached hydrogen (secondary N) is 1. The van der Waals surface area contributed by atoms with Crippen LogP contribution in [0.3, 0.4) is 0 Å². The molecule has 1 rings (SSSR count). The molecule has 0 saturated heterocycles. The van der Waals surface area contributed by atoms with Gasteiger partial charge in [0.05, 0.1) is 0 Å². The zero-order valence-electron chi connectivity index (χ0n) is 13.1. The molecule has 0 atom stereocenters. The Morgan fingerprint density at radius 3 is 2.57 bits per heavy atom. The lowest BCUT2D eigenvalue weighted by molar-refractivity contribution is -0.117. The van der Waals surface area contributed by atoms with E-state index in [-0.39, 0.29) is 11.5 Å². The number of carbonyl (C=O) groups excluding carboxylic acids is 1. The average molecular weight is 286 g/mol. The van der Waals surface area contributed by atoms with Gasteiger partial charge in [-0.05, 0) is 55.5 Å². The first-order chi connectivity index (χ1) is 9.99. The number of hydrogen-bond donors (Lipinski definition) is 1. The van der Waals surface area contributed by atoms with Crippen molar-refractivity contribution in [2.24, 2.45) is 0 Å². The van der Waals surface area contributed by atoms with E-state index in [1.807, 2.05) is 32.9 Å². The number of hydrogen-bond acceptors (Lipinski definition) is 3. The number of carbonyl (C=O) groups is 1. The van der Waals surface area contributed by atoms with Crippen molar-refractivity contribution >= 4 is 12.0 Å². The summed E-state index contributed by atoms with van der Waals surface area (Å²) in [6, 6.07) is 6.03. The van der Waals surface area contributed by atoms with Crippen LogP contribution < -0.4 is 5.32 Å². The fraction of sp³-hybridized carbons (Fsp3) is 0.412. The Morgan fingerprint density at radius 2 is 1.95 bits per heavy atom. The van der Waals surface area contributed by atoms with Crippen molar-refractivity contribution in [2.75, 3.05) is 20.3 Å². The molecule has 0 fully saturated rings. The molecule has 0 bridgehead atoms. The number of methoxy groups -OCH3 is 1. The summed E-state index contributed by atoms with van der Waals surface area (Å²) in [5.41, 5.74) is 4.43. The van der Waals surface area contributed by atoms with Crippen LogP contribution in [0, 0.1) is 32.1 Å². The SMILES string of the molecule is COCCCNC(=O)/C(C#N)=C/c1cc(C)c(C)cc1C. The molecule has 0 unspecified atom stereocenters. The van der Waals surface area contributed by atoms with Crippen molar-refractivity contribution in [2.45, 2.75) is 27.2 Å². The fourth-order valence-electron chi connectivity index (χ4n) is 1.96. The molecule has 112 valence electrons. The van der Waals surface area contributed by atoms with E-state index in [0.29, 0.717) is 13.2 Å². The van der Waals surface area contributed by atoms with E-state index in [1.54, 1.807) is 13.2 Å². The zero-order chi connectivity index (χ0) is 15.8. The Kier molecular flexibility index (Phi) is 6.64. The van der Waals surface area contributed by atoms with Crippen molar-refractivity contribution in [3.05, 3.63) is 40.0 Å². The summed E-state index contributed by atoms with van der Waals surface area (Å²) in [4.78, 5) is 12.0. The van der Waals surface area contributed by atoms with Crippen LogP contribution in [0.2, 0.25) is 0 Å². The lowest BCUT2D eigenvalue weighted by Crippen LogP contribution is -2.26. The van der Waals surface area contributed by atoms with Gasteiger partial charge in [-0.2, -0.15) is 5.26 Å². The molecule has 1 amide bonds. The van der Waals surface area contributed by atoms with Gasteiger partial charge in [0.1, 0.15) is 11.6 Å². The van der Waals surface area contributed by atoms with Crippen LogP contribution in [-0.4, -0.2) is 26.2 Å². The van der Waals surface area contributed by atoms with Crippen LogP contribution in [-0.2, 0) is 9.53 Å². The van der Waals surface area contributed by atoms with Crippen LogP contribution >= 0.6 is 0 Å².